The lowest BCUT2D eigenvalue weighted by atomic mass is 9.96. The molecule has 2 aromatic heterocycles. The highest BCUT2D eigenvalue weighted by atomic mass is 16.5. The summed E-state index contributed by atoms with van der Waals surface area (Å²) in [7, 11) is 0. The van der Waals surface area contributed by atoms with Crippen molar-refractivity contribution in [2.24, 2.45) is 0 Å². The molecule has 0 aromatic carbocycles. The zero-order valence-electron chi connectivity index (χ0n) is 14.7. The molecule has 1 N–H and O–H groups in total. The van der Waals surface area contributed by atoms with E-state index in [0.717, 1.165) is 37.3 Å². The summed E-state index contributed by atoms with van der Waals surface area (Å²) < 4.78 is 5.29. The van der Waals surface area contributed by atoms with Gasteiger partial charge in [0, 0.05) is 36.7 Å². The van der Waals surface area contributed by atoms with Crippen LogP contribution in [0, 0.1) is 0 Å². The Morgan fingerprint density at radius 3 is 2.96 bits per heavy atom. The van der Waals surface area contributed by atoms with Gasteiger partial charge in [0.2, 0.25) is 11.8 Å². The minimum Gasteiger partial charge on any atom is -0.363 e. The topological polar surface area (TPSA) is 75.0 Å². The number of likely N-dealkylation sites (tertiary alicyclic amines) is 1. The molecular weight excluding hydrogens is 304 g/mol. The number of carbonyl (C=O) groups is 1. The average molecular weight is 330 g/mol. The van der Waals surface area contributed by atoms with E-state index in [0.29, 0.717) is 18.7 Å². The van der Waals surface area contributed by atoms with Crippen molar-refractivity contribution in [3.8, 4) is 0 Å². The molecule has 24 heavy (non-hydrogen) atoms. The molecule has 0 radical (unpaired) electrons. The summed E-state index contributed by atoms with van der Waals surface area (Å²) in [5, 5.41) is 4.02. The number of rotatable bonds is 5. The molecule has 130 valence electrons. The number of nitrogens with zero attached hydrogens (tertiary/aromatic N) is 3. The average Bonchev–Trinajstić information content (AvgIpc) is 3.26. The number of carbonyl (C=O) groups excluding carboxylic acids is 1. The number of nitrogens with one attached hydrogen (secondary N) is 1. The monoisotopic (exact) mass is 330 g/mol. The number of aryl methyl sites for hydroxylation is 1. The van der Waals surface area contributed by atoms with Crippen molar-refractivity contribution in [2.75, 3.05) is 6.54 Å². The van der Waals surface area contributed by atoms with Crippen LogP contribution in [0.2, 0.25) is 0 Å². The normalized spacial score (nSPS) is 18.3. The molecule has 0 spiro atoms. The van der Waals surface area contributed by atoms with Crippen LogP contribution in [-0.2, 0) is 16.6 Å². The highest BCUT2D eigenvalue weighted by Crippen LogP contribution is 2.31. The molecule has 6 nitrogen and oxygen atoms in total. The van der Waals surface area contributed by atoms with Crippen LogP contribution in [0.5, 0.6) is 0 Å². The Balaban J connectivity index is 1.51. The van der Waals surface area contributed by atoms with Crippen molar-refractivity contribution in [3.63, 3.8) is 0 Å². The summed E-state index contributed by atoms with van der Waals surface area (Å²) in [6.45, 7) is 7.01. The molecule has 2 aromatic rings. The van der Waals surface area contributed by atoms with Gasteiger partial charge < -0.3 is 14.4 Å². The molecule has 1 saturated heterocycles. The number of H-pyrrole nitrogens is 1. The van der Waals surface area contributed by atoms with Crippen molar-refractivity contribution in [3.05, 3.63) is 35.7 Å². The van der Waals surface area contributed by atoms with E-state index in [1.807, 2.05) is 17.2 Å². The van der Waals surface area contributed by atoms with Crippen LogP contribution in [0.1, 0.15) is 69.9 Å². The first kappa shape index (κ1) is 16.7. The Kier molecular flexibility index (Phi) is 4.73. The highest BCUT2D eigenvalue weighted by Gasteiger charge is 2.30. The van der Waals surface area contributed by atoms with E-state index in [-0.39, 0.29) is 17.4 Å². The first-order chi connectivity index (χ1) is 11.4. The summed E-state index contributed by atoms with van der Waals surface area (Å²) >= 11 is 0. The molecule has 0 bridgehead atoms. The van der Waals surface area contributed by atoms with Crippen molar-refractivity contribution < 1.29 is 9.32 Å². The van der Waals surface area contributed by atoms with E-state index in [4.69, 9.17) is 4.52 Å². The van der Waals surface area contributed by atoms with Crippen LogP contribution in [0.25, 0.3) is 0 Å². The Hall–Kier alpha value is -2.11. The predicted molar refractivity (Wildman–Crippen MR) is 90.4 cm³/mol. The third-order valence-corrected chi connectivity index (χ3v) is 4.47. The van der Waals surface area contributed by atoms with Gasteiger partial charge in [-0.2, -0.15) is 4.98 Å². The van der Waals surface area contributed by atoms with Gasteiger partial charge in [-0.15, -0.1) is 0 Å². The Bertz CT molecular complexity index is 670. The SMILES string of the molecule is CC(C)(C)c1noc(CCCC(=O)N2CCC[C@H]2c2ccc[nH]2)n1. The molecule has 0 saturated carbocycles. The molecule has 3 rings (SSSR count). The Morgan fingerprint density at radius 1 is 1.46 bits per heavy atom. The Morgan fingerprint density at radius 2 is 2.29 bits per heavy atom. The molecule has 1 atom stereocenters. The van der Waals surface area contributed by atoms with E-state index in [9.17, 15) is 4.79 Å². The smallest absolute Gasteiger partial charge is 0.226 e. The number of hydrogen-bond donors (Lipinski definition) is 1. The standard InChI is InChI=1S/C18H26N4O2/c1-18(2,3)17-20-15(24-21-17)9-4-10-16(23)22-12-6-8-14(22)13-7-5-11-19-13/h5,7,11,14,19H,4,6,8-10,12H2,1-3H3/t14-/m0/s1. The van der Waals surface area contributed by atoms with Gasteiger partial charge in [0.1, 0.15) is 0 Å². The fourth-order valence-corrected chi connectivity index (χ4v) is 3.14. The fraction of sp³-hybridized carbons (Fsp3) is 0.611. The summed E-state index contributed by atoms with van der Waals surface area (Å²) in [6.07, 6.45) is 5.91. The third-order valence-electron chi connectivity index (χ3n) is 4.47. The van der Waals surface area contributed by atoms with Crippen molar-refractivity contribution in [2.45, 2.75) is 64.3 Å². The lowest BCUT2D eigenvalue weighted by Gasteiger charge is -2.24. The van der Waals surface area contributed by atoms with Crippen LogP contribution < -0.4 is 0 Å². The maximum absolute atomic E-state index is 12.6. The van der Waals surface area contributed by atoms with Gasteiger partial charge in [0.25, 0.3) is 0 Å². The summed E-state index contributed by atoms with van der Waals surface area (Å²) in [5.41, 5.74) is 1.02. The fourth-order valence-electron chi connectivity index (χ4n) is 3.14. The minimum absolute atomic E-state index is 0.115. The van der Waals surface area contributed by atoms with Gasteiger partial charge >= 0.3 is 0 Å². The molecule has 1 aliphatic rings. The summed E-state index contributed by atoms with van der Waals surface area (Å²) in [5.74, 6) is 1.55. The number of amides is 1. The van der Waals surface area contributed by atoms with Crippen LogP contribution in [0.3, 0.4) is 0 Å². The zero-order valence-corrected chi connectivity index (χ0v) is 14.7. The van der Waals surface area contributed by atoms with Crippen LogP contribution >= 0.6 is 0 Å². The van der Waals surface area contributed by atoms with Gasteiger partial charge in [-0.3, -0.25) is 4.79 Å². The minimum atomic E-state index is -0.115. The van der Waals surface area contributed by atoms with Gasteiger partial charge in [-0.05, 0) is 31.4 Å². The second-order valence-electron chi connectivity index (χ2n) is 7.49. The number of aromatic amines is 1. The lowest BCUT2D eigenvalue weighted by molar-refractivity contribution is -0.132. The lowest BCUT2D eigenvalue weighted by Crippen LogP contribution is -2.30. The van der Waals surface area contributed by atoms with Gasteiger partial charge in [0.15, 0.2) is 5.82 Å². The zero-order chi connectivity index (χ0) is 17.2. The first-order valence-electron chi connectivity index (χ1n) is 8.71. The quantitative estimate of drug-likeness (QED) is 0.912. The van der Waals surface area contributed by atoms with Crippen molar-refractivity contribution in [1.82, 2.24) is 20.0 Å². The van der Waals surface area contributed by atoms with Crippen LogP contribution in [-0.4, -0.2) is 32.5 Å². The third kappa shape index (κ3) is 3.68. The van der Waals surface area contributed by atoms with E-state index >= 15 is 0 Å². The van der Waals surface area contributed by atoms with Gasteiger partial charge in [-0.1, -0.05) is 25.9 Å². The second-order valence-corrected chi connectivity index (χ2v) is 7.49. The van der Waals surface area contributed by atoms with Crippen molar-refractivity contribution in [1.29, 1.82) is 0 Å². The van der Waals surface area contributed by atoms with Gasteiger partial charge in [0.05, 0.1) is 6.04 Å². The molecule has 1 amide bonds. The maximum atomic E-state index is 12.6. The second kappa shape index (κ2) is 6.79. The molecule has 1 aliphatic heterocycles. The molecule has 6 heteroatoms. The van der Waals surface area contributed by atoms with Gasteiger partial charge in [-0.25, -0.2) is 0 Å². The van der Waals surface area contributed by atoms with E-state index in [1.165, 1.54) is 0 Å². The summed E-state index contributed by atoms with van der Waals surface area (Å²) in [4.78, 5) is 22.2. The molecule has 3 heterocycles. The molecule has 0 unspecified atom stereocenters. The summed E-state index contributed by atoms with van der Waals surface area (Å²) in [6, 6.07) is 4.24. The highest BCUT2D eigenvalue weighted by molar-refractivity contribution is 5.77. The number of aromatic nitrogens is 3. The van der Waals surface area contributed by atoms with E-state index in [1.54, 1.807) is 0 Å². The van der Waals surface area contributed by atoms with E-state index < -0.39 is 0 Å². The molecule has 0 aliphatic carbocycles. The first-order valence-corrected chi connectivity index (χ1v) is 8.71. The number of hydrogen-bond acceptors (Lipinski definition) is 4. The molecular formula is C18H26N4O2. The predicted octanol–water partition coefficient (Wildman–Crippen LogP) is 3.38. The van der Waals surface area contributed by atoms with E-state index in [2.05, 4.69) is 42.0 Å². The van der Waals surface area contributed by atoms with Crippen molar-refractivity contribution >= 4 is 5.91 Å². The largest absolute Gasteiger partial charge is 0.363 e. The molecule has 1 fully saturated rings. The van der Waals surface area contributed by atoms with Crippen LogP contribution in [0.15, 0.2) is 22.9 Å². The maximum Gasteiger partial charge on any atom is 0.226 e. The van der Waals surface area contributed by atoms with Crippen LogP contribution in [0.4, 0.5) is 0 Å². The Labute approximate surface area is 142 Å².